The first-order chi connectivity index (χ1) is 34.0. The lowest BCUT2D eigenvalue weighted by atomic mass is 10.0. The number of esters is 1. The monoisotopic (exact) mass is 972 g/mol. The summed E-state index contributed by atoms with van der Waals surface area (Å²) < 4.78 is 5.47. The summed E-state index contributed by atoms with van der Waals surface area (Å²) in [5, 5.41) is 23.2. The Morgan fingerprint density at radius 2 is 0.681 bits per heavy atom. The zero-order chi connectivity index (χ0) is 50.0. The van der Waals surface area contributed by atoms with Crippen molar-refractivity contribution in [1.82, 2.24) is 5.32 Å². The van der Waals surface area contributed by atoms with Crippen LogP contribution in [0.3, 0.4) is 0 Å². The standard InChI is InChI=1S/C63H121NO5/c1-3-5-7-9-11-13-15-17-19-20-21-22-23-24-25-26-27-29-31-35-39-43-47-51-55-61(66)60(59-65)64-62(67)56-52-48-44-40-36-32-30-34-38-42-46-50-54-58-69-63(68)57-53-49-45-41-37-33-28-18-16-14-12-10-8-6-4-2/h18,28,51,55,60-61,65-66H,3-17,19-27,29-50,52-54,56-59H2,1-2H3,(H,64,67)/b28-18-,55-51+. The molecule has 2 atom stereocenters. The van der Waals surface area contributed by atoms with Crippen LogP contribution in [0.5, 0.6) is 0 Å². The number of nitrogens with one attached hydrogen (secondary N) is 1. The number of ether oxygens (including phenoxy) is 1. The van der Waals surface area contributed by atoms with Crippen LogP contribution >= 0.6 is 0 Å². The van der Waals surface area contributed by atoms with Crippen molar-refractivity contribution in [2.24, 2.45) is 0 Å². The van der Waals surface area contributed by atoms with Crippen LogP contribution in [0.4, 0.5) is 0 Å². The SMILES string of the molecule is CCCCCCCC/C=C\CCCCCCCC(=O)OCCCCCCCCCCCCCCCC(=O)NC(CO)C(O)/C=C/CCCCCCCCCCCCCCCCCCCCCCCC. The van der Waals surface area contributed by atoms with Crippen LogP contribution in [-0.4, -0.2) is 47.4 Å². The maximum absolute atomic E-state index is 12.5. The van der Waals surface area contributed by atoms with E-state index in [0.717, 1.165) is 57.8 Å². The lowest BCUT2D eigenvalue weighted by Gasteiger charge is -2.20. The average molecular weight is 973 g/mol. The van der Waals surface area contributed by atoms with Crippen LogP contribution in [0.1, 0.15) is 341 Å². The molecule has 0 spiro atoms. The molecule has 1 amide bonds. The van der Waals surface area contributed by atoms with E-state index in [1.54, 1.807) is 6.08 Å². The maximum Gasteiger partial charge on any atom is 0.305 e. The van der Waals surface area contributed by atoms with Crippen LogP contribution in [0.2, 0.25) is 0 Å². The first-order valence-corrected chi connectivity index (χ1v) is 31.1. The summed E-state index contributed by atoms with van der Waals surface area (Å²) >= 11 is 0. The summed E-state index contributed by atoms with van der Waals surface area (Å²) in [6, 6.07) is -0.639. The van der Waals surface area contributed by atoms with Gasteiger partial charge >= 0.3 is 5.97 Å². The van der Waals surface area contributed by atoms with Gasteiger partial charge in [0.05, 0.1) is 25.4 Å². The van der Waals surface area contributed by atoms with Gasteiger partial charge < -0.3 is 20.3 Å². The highest BCUT2D eigenvalue weighted by Crippen LogP contribution is 2.18. The maximum atomic E-state index is 12.5. The Morgan fingerprint density at radius 1 is 0.391 bits per heavy atom. The first kappa shape index (κ1) is 67.3. The van der Waals surface area contributed by atoms with Crippen LogP contribution in [0, 0.1) is 0 Å². The van der Waals surface area contributed by atoms with E-state index in [0.29, 0.717) is 19.4 Å². The van der Waals surface area contributed by atoms with E-state index in [9.17, 15) is 19.8 Å². The van der Waals surface area contributed by atoms with Gasteiger partial charge in [0.1, 0.15) is 0 Å². The van der Waals surface area contributed by atoms with Gasteiger partial charge in [-0.25, -0.2) is 0 Å². The molecule has 0 aromatic carbocycles. The van der Waals surface area contributed by atoms with Crippen LogP contribution in [-0.2, 0) is 14.3 Å². The summed E-state index contributed by atoms with van der Waals surface area (Å²) in [5.41, 5.74) is 0. The third kappa shape index (κ3) is 55.5. The minimum absolute atomic E-state index is 0.0139. The number of aliphatic hydroxyl groups excluding tert-OH is 2. The summed E-state index contributed by atoms with van der Waals surface area (Å²) in [5.74, 6) is -0.0916. The molecule has 0 fully saturated rings. The molecule has 408 valence electrons. The molecule has 0 aromatic heterocycles. The number of hydrogen-bond acceptors (Lipinski definition) is 5. The molecule has 0 bridgehead atoms. The Morgan fingerprint density at radius 3 is 1.03 bits per heavy atom. The number of carbonyl (C=O) groups excluding carboxylic acids is 2. The Kier molecular flexibility index (Phi) is 57.5. The summed E-state index contributed by atoms with van der Waals surface area (Å²) in [6.07, 6.45) is 72.1. The van der Waals surface area contributed by atoms with Gasteiger partial charge in [0.25, 0.3) is 0 Å². The average Bonchev–Trinajstić information content (AvgIpc) is 3.35. The molecule has 6 nitrogen and oxygen atoms in total. The van der Waals surface area contributed by atoms with Crippen molar-refractivity contribution in [3.63, 3.8) is 0 Å². The molecule has 0 aromatic rings. The van der Waals surface area contributed by atoms with Crippen molar-refractivity contribution in [3.8, 4) is 0 Å². The largest absolute Gasteiger partial charge is 0.466 e. The minimum atomic E-state index is -0.854. The molecule has 0 saturated carbocycles. The van der Waals surface area contributed by atoms with Gasteiger partial charge in [-0.05, 0) is 57.8 Å². The van der Waals surface area contributed by atoms with Gasteiger partial charge in [0, 0.05) is 12.8 Å². The number of rotatable bonds is 58. The molecule has 0 rings (SSSR count). The van der Waals surface area contributed by atoms with E-state index >= 15 is 0 Å². The normalized spacial score (nSPS) is 12.7. The van der Waals surface area contributed by atoms with Crippen molar-refractivity contribution in [2.75, 3.05) is 13.2 Å². The third-order valence-electron chi connectivity index (χ3n) is 14.5. The Labute approximate surface area is 431 Å². The van der Waals surface area contributed by atoms with Gasteiger partial charge in [-0.15, -0.1) is 0 Å². The fourth-order valence-electron chi connectivity index (χ4n) is 9.69. The molecular formula is C63H121NO5. The van der Waals surface area contributed by atoms with Crippen molar-refractivity contribution >= 4 is 11.9 Å². The van der Waals surface area contributed by atoms with Crippen molar-refractivity contribution in [1.29, 1.82) is 0 Å². The number of carbonyl (C=O) groups is 2. The predicted molar refractivity (Wildman–Crippen MR) is 301 cm³/mol. The molecule has 0 saturated heterocycles. The lowest BCUT2D eigenvalue weighted by Crippen LogP contribution is -2.45. The van der Waals surface area contributed by atoms with E-state index < -0.39 is 12.1 Å². The molecule has 0 aliphatic rings. The number of hydrogen-bond donors (Lipinski definition) is 3. The number of allylic oxidation sites excluding steroid dienone is 3. The summed E-state index contributed by atoms with van der Waals surface area (Å²) in [6.45, 7) is 4.89. The highest BCUT2D eigenvalue weighted by molar-refractivity contribution is 5.76. The molecule has 3 N–H and O–H groups in total. The van der Waals surface area contributed by atoms with Crippen molar-refractivity contribution < 1.29 is 24.5 Å². The second kappa shape index (κ2) is 58.9. The summed E-state index contributed by atoms with van der Waals surface area (Å²) in [4.78, 5) is 24.6. The van der Waals surface area contributed by atoms with E-state index in [1.165, 1.54) is 257 Å². The second-order valence-electron chi connectivity index (χ2n) is 21.4. The van der Waals surface area contributed by atoms with Gasteiger partial charge in [-0.2, -0.15) is 0 Å². The highest BCUT2D eigenvalue weighted by atomic mass is 16.5. The molecule has 6 heteroatoms. The smallest absolute Gasteiger partial charge is 0.305 e. The highest BCUT2D eigenvalue weighted by Gasteiger charge is 2.18. The molecule has 2 unspecified atom stereocenters. The predicted octanol–water partition coefficient (Wildman–Crippen LogP) is 19.4. The minimum Gasteiger partial charge on any atom is -0.466 e. The quantitative estimate of drug-likeness (QED) is 0.0321. The topological polar surface area (TPSA) is 95.9 Å². The van der Waals surface area contributed by atoms with E-state index in [1.807, 2.05) is 6.08 Å². The van der Waals surface area contributed by atoms with E-state index in [2.05, 4.69) is 31.3 Å². The Hall–Kier alpha value is -1.66. The summed E-state index contributed by atoms with van der Waals surface area (Å²) in [7, 11) is 0. The zero-order valence-electron chi connectivity index (χ0n) is 46.6. The molecule has 0 aliphatic heterocycles. The molecular weight excluding hydrogens is 851 g/mol. The number of amides is 1. The molecule has 0 radical (unpaired) electrons. The Bertz CT molecular complexity index is 1080. The third-order valence-corrected chi connectivity index (χ3v) is 14.5. The number of unbranched alkanes of at least 4 members (excludes halogenated alkanes) is 45. The van der Waals surface area contributed by atoms with Gasteiger partial charge in [0.15, 0.2) is 0 Å². The molecule has 0 heterocycles. The van der Waals surface area contributed by atoms with Crippen molar-refractivity contribution in [3.05, 3.63) is 24.3 Å². The Balaban J connectivity index is 3.47. The van der Waals surface area contributed by atoms with Crippen molar-refractivity contribution in [2.45, 2.75) is 353 Å². The fraction of sp³-hybridized carbons (Fsp3) is 0.905. The lowest BCUT2D eigenvalue weighted by molar-refractivity contribution is -0.143. The molecule has 0 aliphatic carbocycles. The van der Waals surface area contributed by atoms with Gasteiger partial charge in [0.2, 0.25) is 5.91 Å². The van der Waals surface area contributed by atoms with Crippen LogP contribution in [0.15, 0.2) is 24.3 Å². The van der Waals surface area contributed by atoms with Gasteiger partial charge in [-0.3, -0.25) is 9.59 Å². The fourth-order valence-corrected chi connectivity index (χ4v) is 9.69. The zero-order valence-corrected chi connectivity index (χ0v) is 46.6. The molecule has 69 heavy (non-hydrogen) atoms. The van der Waals surface area contributed by atoms with E-state index in [-0.39, 0.29) is 18.5 Å². The first-order valence-electron chi connectivity index (χ1n) is 31.1. The van der Waals surface area contributed by atoms with Crippen LogP contribution in [0.25, 0.3) is 0 Å². The number of aliphatic hydroxyl groups is 2. The van der Waals surface area contributed by atoms with E-state index in [4.69, 9.17) is 4.74 Å². The van der Waals surface area contributed by atoms with Crippen LogP contribution < -0.4 is 5.32 Å². The second-order valence-corrected chi connectivity index (χ2v) is 21.4. The van der Waals surface area contributed by atoms with Gasteiger partial charge in [-0.1, -0.05) is 295 Å².